The molecule has 8 nitrogen and oxygen atoms in total. The fourth-order valence-corrected chi connectivity index (χ4v) is 4.74. The standard InChI is InChI=1S/C24H28N6O2/c1-15-5-7-18(8-6-15)27-23(31)16-3-2-4-19(11-16)28-24(32)30-10-9-20-17(14-30)12-25-22-21(20)13-26-29-22/h2-4,11-13,15,18H,5-10,14H2,1H3,(H,27,31)(H,28,32)(H,25,26,29). The number of carbonyl (C=O) groups excluding carboxylic acids is 2. The van der Waals surface area contributed by atoms with E-state index in [2.05, 4.69) is 32.7 Å². The van der Waals surface area contributed by atoms with Crippen molar-refractivity contribution in [3.05, 3.63) is 53.3 Å². The molecule has 3 aromatic rings. The number of aromatic amines is 1. The van der Waals surface area contributed by atoms with E-state index in [-0.39, 0.29) is 18.0 Å². The van der Waals surface area contributed by atoms with E-state index >= 15 is 0 Å². The molecule has 1 aromatic carbocycles. The maximum Gasteiger partial charge on any atom is 0.322 e. The lowest BCUT2D eigenvalue weighted by Gasteiger charge is -2.29. The van der Waals surface area contributed by atoms with Gasteiger partial charge in [-0.2, -0.15) is 5.10 Å². The van der Waals surface area contributed by atoms with Gasteiger partial charge in [-0.3, -0.25) is 9.89 Å². The van der Waals surface area contributed by atoms with Crippen LogP contribution in [0.3, 0.4) is 0 Å². The Morgan fingerprint density at radius 2 is 2.00 bits per heavy atom. The van der Waals surface area contributed by atoms with Crippen LogP contribution >= 0.6 is 0 Å². The maximum atomic E-state index is 12.9. The first-order chi connectivity index (χ1) is 15.6. The van der Waals surface area contributed by atoms with Gasteiger partial charge in [0.2, 0.25) is 0 Å². The van der Waals surface area contributed by atoms with Gasteiger partial charge in [0.15, 0.2) is 5.65 Å². The Balaban J connectivity index is 1.22. The normalized spacial score (nSPS) is 20.6. The number of hydrogen-bond acceptors (Lipinski definition) is 4. The van der Waals surface area contributed by atoms with E-state index in [4.69, 9.17) is 0 Å². The number of pyridine rings is 1. The molecule has 1 fully saturated rings. The van der Waals surface area contributed by atoms with Gasteiger partial charge in [-0.1, -0.05) is 13.0 Å². The summed E-state index contributed by atoms with van der Waals surface area (Å²) in [4.78, 5) is 31.8. The molecule has 166 valence electrons. The summed E-state index contributed by atoms with van der Waals surface area (Å²) in [7, 11) is 0. The molecule has 32 heavy (non-hydrogen) atoms. The van der Waals surface area contributed by atoms with Crippen LogP contribution in [0.4, 0.5) is 10.5 Å². The first-order valence-corrected chi connectivity index (χ1v) is 11.3. The number of fused-ring (bicyclic) bond motifs is 3. The van der Waals surface area contributed by atoms with Crippen molar-refractivity contribution in [2.24, 2.45) is 5.92 Å². The van der Waals surface area contributed by atoms with Gasteiger partial charge in [-0.15, -0.1) is 0 Å². The van der Waals surface area contributed by atoms with Gasteiger partial charge in [0.05, 0.1) is 6.20 Å². The van der Waals surface area contributed by atoms with Gasteiger partial charge < -0.3 is 15.5 Å². The number of H-pyrrole nitrogens is 1. The van der Waals surface area contributed by atoms with E-state index in [0.717, 1.165) is 54.6 Å². The zero-order chi connectivity index (χ0) is 22.1. The molecule has 1 aliphatic heterocycles. The minimum absolute atomic E-state index is 0.0808. The van der Waals surface area contributed by atoms with Crippen LogP contribution < -0.4 is 10.6 Å². The fraction of sp³-hybridized carbons (Fsp3) is 0.417. The van der Waals surface area contributed by atoms with Gasteiger partial charge in [0.25, 0.3) is 5.91 Å². The van der Waals surface area contributed by atoms with E-state index in [1.165, 1.54) is 5.56 Å². The summed E-state index contributed by atoms with van der Waals surface area (Å²) >= 11 is 0. The number of aromatic nitrogens is 3. The molecule has 2 aromatic heterocycles. The van der Waals surface area contributed by atoms with Gasteiger partial charge in [0, 0.05) is 42.0 Å². The second-order valence-corrected chi connectivity index (χ2v) is 9.01. The summed E-state index contributed by atoms with van der Waals surface area (Å²) in [5, 5.41) is 14.1. The highest BCUT2D eigenvalue weighted by molar-refractivity contribution is 5.97. The average Bonchev–Trinajstić information content (AvgIpc) is 3.30. The summed E-state index contributed by atoms with van der Waals surface area (Å²) in [6.45, 7) is 3.37. The Hall–Kier alpha value is -3.42. The number of benzene rings is 1. The van der Waals surface area contributed by atoms with Crippen LogP contribution in [0.25, 0.3) is 11.0 Å². The minimum Gasteiger partial charge on any atom is -0.349 e. The van der Waals surface area contributed by atoms with Crippen LogP contribution in [0.15, 0.2) is 36.7 Å². The van der Waals surface area contributed by atoms with E-state index in [0.29, 0.717) is 24.3 Å². The Morgan fingerprint density at radius 3 is 2.84 bits per heavy atom. The number of amides is 3. The Kier molecular flexibility index (Phi) is 5.51. The highest BCUT2D eigenvalue weighted by Crippen LogP contribution is 2.26. The molecule has 8 heteroatoms. The molecule has 0 spiro atoms. The van der Waals surface area contributed by atoms with Crippen molar-refractivity contribution < 1.29 is 9.59 Å². The fourth-order valence-electron chi connectivity index (χ4n) is 4.74. The molecule has 0 saturated heterocycles. The first-order valence-electron chi connectivity index (χ1n) is 11.3. The summed E-state index contributed by atoms with van der Waals surface area (Å²) in [6, 6.07) is 7.20. The van der Waals surface area contributed by atoms with Crippen LogP contribution in [-0.2, 0) is 13.0 Å². The van der Waals surface area contributed by atoms with Crippen LogP contribution in [0, 0.1) is 5.92 Å². The zero-order valence-corrected chi connectivity index (χ0v) is 18.2. The van der Waals surface area contributed by atoms with E-state index < -0.39 is 0 Å². The molecular formula is C24H28N6O2. The number of hydrogen-bond donors (Lipinski definition) is 3. The van der Waals surface area contributed by atoms with Crippen molar-refractivity contribution in [3.8, 4) is 0 Å². The van der Waals surface area contributed by atoms with Gasteiger partial charge >= 0.3 is 6.03 Å². The Morgan fingerprint density at radius 1 is 1.16 bits per heavy atom. The number of nitrogens with zero attached hydrogens (tertiary/aromatic N) is 3. The van der Waals surface area contributed by atoms with Crippen molar-refractivity contribution in [2.75, 3.05) is 11.9 Å². The van der Waals surface area contributed by atoms with Crippen molar-refractivity contribution in [2.45, 2.75) is 51.6 Å². The van der Waals surface area contributed by atoms with E-state index in [1.54, 1.807) is 29.3 Å². The van der Waals surface area contributed by atoms with Crippen LogP contribution in [-0.4, -0.2) is 44.6 Å². The number of nitrogens with one attached hydrogen (secondary N) is 3. The topological polar surface area (TPSA) is 103 Å². The summed E-state index contributed by atoms with van der Waals surface area (Å²) < 4.78 is 0. The van der Waals surface area contributed by atoms with Crippen molar-refractivity contribution in [1.29, 1.82) is 0 Å². The summed E-state index contributed by atoms with van der Waals surface area (Å²) in [5.41, 5.74) is 4.20. The highest BCUT2D eigenvalue weighted by atomic mass is 16.2. The van der Waals surface area contributed by atoms with Crippen LogP contribution in [0.5, 0.6) is 0 Å². The lowest BCUT2D eigenvalue weighted by atomic mass is 9.87. The van der Waals surface area contributed by atoms with Crippen LogP contribution in [0.1, 0.15) is 54.1 Å². The Bertz CT molecular complexity index is 1150. The number of urea groups is 1. The van der Waals surface area contributed by atoms with Gasteiger partial charge in [-0.25, -0.2) is 9.78 Å². The lowest BCUT2D eigenvalue weighted by molar-refractivity contribution is 0.0923. The molecule has 0 unspecified atom stereocenters. The third-order valence-electron chi connectivity index (χ3n) is 6.69. The molecule has 1 aliphatic carbocycles. The molecule has 0 atom stereocenters. The SMILES string of the molecule is CC1CCC(NC(=O)c2cccc(NC(=O)N3CCc4c(cnc5[nH]ncc45)C3)c2)CC1. The number of anilines is 1. The molecule has 3 N–H and O–H groups in total. The van der Waals surface area contributed by atoms with Crippen molar-refractivity contribution in [3.63, 3.8) is 0 Å². The summed E-state index contributed by atoms with van der Waals surface area (Å²) in [6.07, 6.45) is 8.72. The molecule has 3 amide bonds. The first kappa shape index (κ1) is 20.5. The van der Waals surface area contributed by atoms with E-state index in [9.17, 15) is 9.59 Å². The summed E-state index contributed by atoms with van der Waals surface area (Å²) in [5.74, 6) is 0.660. The van der Waals surface area contributed by atoms with Gasteiger partial charge in [0.1, 0.15) is 0 Å². The largest absolute Gasteiger partial charge is 0.349 e. The number of rotatable bonds is 3. The van der Waals surface area contributed by atoms with Crippen molar-refractivity contribution in [1.82, 2.24) is 25.4 Å². The second-order valence-electron chi connectivity index (χ2n) is 9.01. The monoisotopic (exact) mass is 432 g/mol. The predicted octanol–water partition coefficient (Wildman–Crippen LogP) is 3.86. The molecule has 1 saturated carbocycles. The molecule has 3 heterocycles. The van der Waals surface area contributed by atoms with E-state index in [1.807, 2.05) is 12.3 Å². The molecule has 5 rings (SSSR count). The highest BCUT2D eigenvalue weighted by Gasteiger charge is 2.24. The van der Waals surface area contributed by atoms with Crippen LogP contribution in [0.2, 0.25) is 0 Å². The zero-order valence-electron chi connectivity index (χ0n) is 18.2. The third kappa shape index (κ3) is 4.17. The Labute approximate surface area is 186 Å². The quantitative estimate of drug-likeness (QED) is 0.585. The average molecular weight is 433 g/mol. The molecular weight excluding hydrogens is 404 g/mol. The molecule has 2 aliphatic rings. The maximum absolute atomic E-state index is 12.9. The predicted molar refractivity (Wildman–Crippen MR) is 122 cm³/mol. The molecule has 0 bridgehead atoms. The lowest BCUT2D eigenvalue weighted by Crippen LogP contribution is -2.39. The second kappa shape index (κ2) is 8.61. The smallest absolute Gasteiger partial charge is 0.322 e. The number of carbonyl (C=O) groups is 2. The van der Waals surface area contributed by atoms with Gasteiger partial charge in [-0.05, 0) is 67.3 Å². The third-order valence-corrected chi connectivity index (χ3v) is 6.69. The minimum atomic E-state index is -0.179. The van der Waals surface area contributed by atoms with Crippen molar-refractivity contribution >= 4 is 28.7 Å². The molecule has 0 radical (unpaired) electrons.